The topological polar surface area (TPSA) is 99.7 Å². The van der Waals surface area contributed by atoms with Crippen molar-refractivity contribution in [3.05, 3.63) is 66.7 Å². The molecule has 4 aromatic rings. The van der Waals surface area contributed by atoms with Crippen LogP contribution in [0.4, 0.5) is 28.8 Å². The van der Waals surface area contributed by atoms with Gasteiger partial charge in [-0.2, -0.15) is 4.98 Å². The van der Waals surface area contributed by atoms with E-state index in [0.29, 0.717) is 34.8 Å². The third-order valence-electron chi connectivity index (χ3n) is 7.75. The van der Waals surface area contributed by atoms with Gasteiger partial charge in [0.15, 0.2) is 9.84 Å². The molecular formula is C31H38N6O3S. The Labute approximate surface area is 242 Å². The number of methoxy groups -OCH3 is 1. The molecule has 1 aliphatic rings. The van der Waals surface area contributed by atoms with Gasteiger partial charge in [-0.1, -0.05) is 24.3 Å². The molecule has 216 valence electrons. The Kier molecular flexibility index (Phi) is 8.32. The SMILES string of the molecule is COc1cc(N(C)C2CCN(C)CC2)ccc1Nc1nc(Nc2ccccc2S(=O)(=O)C(C)C)c2ccccc2n1. The van der Waals surface area contributed by atoms with Crippen LogP contribution in [0.15, 0.2) is 71.6 Å². The molecule has 0 saturated carbocycles. The van der Waals surface area contributed by atoms with E-state index in [-0.39, 0.29) is 4.90 Å². The molecule has 1 aliphatic heterocycles. The van der Waals surface area contributed by atoms with Crippen LogP contribution in [0, 0.1) is 0 Å². The van der Waals surface area contributed by atoms with E-state index in [1.54, 1.807) is 45.2 Å². The fraction of sp³-hybridized carbons (Fsp3) is 0.355. The molecule has 3 aromatic carbocycles. The van der Waals surface area contributed by atoms with Gasteiger partial charge in [0.2, 0.25) is 5.95 Å². The summed E-state index contributed by atoms with van der Waals surface area (Å²) in [6.45, 7) is 5.54. The fourth-order valence-electron chi connectivity index (χ4n) is 5.14. The van der Waals surface area contributed by atoms with E-state index in [4.69, 9.17) is 14.7 Å². The van der Waals surface area contributed by atoms with Crippen molar-refractivity contribution in [3.63, 3.8) is 0 Å². The van der Waals surface area contributed by atoms with Gasteiger partial charge in [0.05, 0.1) is 34.1 Å². The second-order valence-corrected chi connectivity index (χ2v) is 13.3. The molecule has 0 unspecified atom stereocenters. The molecule has 41 heavy (non-hydrogen) atoms. The molecule has 9 nitrogen and oxygen atoms in total. The fourth-order valence-corrected chi connectivity index (χ4v) is 6.35. The highest BCUT2D eigenvalue weighted by molar-refractivity contribution is 7.92. The molecule has 2 N–H and O–H groups in total. The van der Waals surface area contributed by atoms with Crippen molar-refractivity contribution in [3.8, 4) is 5.75 Å². The van der Waals surface area contributed by atoms with E-state index in [1.807, 2.05) is 36.4 Å². The smallest absolute Gasteiger partial charge is 0.229 e. The van der Waals surface area contributed by atoms with Gasteiger partial charge in [0.1, 0.15) is 11.6 Å². The molecule has 1 fully saturated rings. The first-order valence-corrected chi connectivity index (χ1v) is 15.4. The zero-order chi connectivity index (χ0) is 29.1. The van der Waals surface area contributed by atoms with Gasteiger partial charge in [0, 0.05) is 30.2 Å². The first kappa shape index (κ1) is 28.6. The number of benzene rings is 3. The Balaban J connectivity index is 1.47. The Morgan fingerprint density at radius 2 is 1.66 bits per heavy atom. The number of ether oxygens (including phenoxy) is 1. The number of nitrogens with zero attached hydrogens (tertiary/aromatic N) is 4. The van der Waals surface area contributed by atoms with Crippen molar-refractivity contribution < 1.29 is 13.2 Å². The number of hydrogen-bond acceptors (Lipinski definition) is 9. The summed E-state index contributed by atoms with van der Waals surface area (Å²) in [5.41, 5.74) is 3.01. The van der Waals surface area contributed by atoms with Crippen LogP contribution in [0.3, 0.4) is 0 Å². The van der Waals surface area contributed by atoms with Crippen LogP contribution in [0.2, 0.25) is 0 Å². The van der Waals surface area contributed by atoms with E-state index < -0.39 is 15.1 Å². The average Bonchev–Trinajstić information content (AvgIpc) is 2.97. The van der Waals surface area contributed by atoms with E-state index in [2.05, 4.69) is 40.6 Å². The first-order chi connectivity index (χ1) is 19.7. The number of aromatic nitrogens is 2. The maximum absolute atomic E-state index is 13.1. The van der Waals surface area contributed by atoms with Gasteiger partial charge in [0.25, 0.3) is 0 Å². The Morgan fingerprint density at radius 1 is 0.951 bits per heavy atom. The maximum Gasteiger partial charge on any atom is 0.229 e. The second kappa shape index (κ2) is 11.9. The van der Waals surface area contributed by atoms with Crippen molar-refractivity contribution in [2.45, 2.75) is 42.9 Å². The maximum atomic E-state index is 13.1. The van der Waals surface area contributed by atoms with Crippen LogP contribution >= 0.6 is 0 Å². The van der Waals surface area contributed by atoms with E-state index >= 15 is 0 Å². The standard InChI is InChI=1S/C31H38N6O3S/c1-21(2)41(38,39)29-13-9-8-12-27(29)32-30-24-10-6-7-11-25(24)33-31(35-30)34-26-15-14-23(20-28(26)40-5)37(4)22-16-18-36(3)19-17-22/h6-15,20-22H,16-19H2,1-5H3,(H2,32,33,34,35). The molecule has 1 saturated heterocycles. The number of hydrogen-bond donors (Lipinski definition) is 2. The van der Waals surface area contributed by atoms with Crippen LogP contribution in [-0.2, 0) is 9.84 Å². The number of rotatable bonds is 9. The van der Waals surface area contributed by atoms with Gasteiger partial charge in [-0.05, 0) is 83.2 Å². The molecule has 2 heterocycles. The molecule has 1 aromatic heterocycles. The summed E-state index contributed by atoms with van der Waals surface area (Å²) in [7, 11) is 2.44. The summed E-state index contributed by atoms with van der Waals surface area (Å²) in [5.74, 6) is 1.55. The average molecular weight is 575 g/mol. The number of fused-ring (bicyclic) bond motifs is 1. The predicted molar refractivity (Wildman–Crippen MR) is 167 cm³/mol. The van der Waals surface area contributed by atoms with Gasteiger partial charge in [-0.3, -0.25) is 0 Å². The Bertz CT molecular complexity index is 1630. The molecular weight excluding hydrogens is 536 g/mol. The number of anilines is 5. The molecule has 0 spiro atoms. The van der Waals surface area contributed by atoms with E-state index in [1.165, 1.54) is 0 Å². The highest BCUT2D eigenvalue weighted by Crippen LogP contribution is 2.35. The number of nitrogens with one attached hydrogen (secondary N) is 2. The third-order valence-corrected chi connectivity index (χ3v) is 9.96. The van der Waals surface area contributed by atoms with Crippen molar-refractivity contribution in [2.75, 3.05) is 49.8 Å². The highest BCUT2D eigenvalue weighted by Gasteiger charge is 2.24. The van der Waals surface area contributed by atoms with Crippen LogP contribution in [0.25, 0.3) is 10.9 Å². The monoisotopic (exact) mass is 574 g/mol. The minimum Gasteiger partial charge on any atom is -0.494 e. The number of sulfone groups is 1. The summed E-state index contributed by atoms with van der Waals surface area (Å²) in [6, 6.07) is 21.1. The lowest BCUT2D eigenvalue weighted by Crippen LogP contribution is -2.41. The lowest BCUT2D eigenvalue weighted by Gasteiger charge is -2.36. The van der Waals surface area contributed by atoms with Crippen molar-refractivity contribution in [2.24, 2.45) is 0 Å². The summed E-state index contributed by atoms with van der Waals surface area (Å²) >= 11 is 0. The number of piperidine rings is 1. The Hall–Kier alpha value is -3.89. The summed E-state index contributed by atoms with van der Waals surface area (Å²) in [4.78, 5) is 14.4. The number of likely N-dealkylation sites (tertiary alicyclic amines) is 1. The highest BCUT2D eigenvalue weighted by atomic mass is 32.2. The summed E-state index contributed by atoms with van der Waals surface area (Å²) in [6.07, 6.45) is 2.25. The molecule has 0 bridgehead atoms. The van der Waals surface area contributed by atoms with Crippen LogP contribution in [0.5, 0.6) is 5.75 Å². The largest absolute Gasteiger partial charge is 0.494 e. The van der Waals surface area contributed by atoms with Crippen LogP contribution in [-0.4, -0.2) is 68.9 Å². The zero-order valence-electron chi connectivity index (χ0n) is 24.3. The van der Waals surface area contributed by atoms with E-state index in [9.17, 15) is 8.42 Å². The second-order valence-electron chi connectivity index (χ2n) is 10.8. The van der Waals surface area contributed by atoms with Crippen LogP contribution in [0.1, 0.15) is 26.7 Å². The molecule has 5 rings (SSSR count). The molecule has 0 atom stereocenters. The summed E-state index contributed by atoms with van der Waals surface area (Å²) < 4.78 is 31.9. The molecule has 0 aliphatic carbocycles. The van der Waals surface area contributed by atoms with E-state index in [0.717, 1.165) is 42.7 Å². The lowest BCUT2D eigenvalue weighted by molar-refractivity contribution is 0.253. The quantitative estimate of drug-likeness (QED) is 0.255. The molecule has 0 radical (unpaired) electrons. The lowest BCUT2D eigenvalue weighted by atomic mass is 10.0. The van der Waals surface area contributed by atoms with Crippen molar-refractivity contribution in [1.29, 1.82) is 0 Å². The first-order valence-electron chi connectivity index (χ1n) is 13.9. The van der Waals surface area contributed by atoms with Gasteiger partial charge in [-0.15, -0.1) is 0 Å². The van der Waals surface area contributed by atoms with Crippen molar-refractivity contribution >= 4 is 49.6 Å². The molecule has 0 amide bonds. The van der Waals surface area contributed by atoms with Gasteiger partial charge in [-0.25, -0.2) is 13.4 Å². The van der Waals surface area contributed by atoms with Crippen LogP contribution < -0.4 is 20.3 Å². The molecule has 10 heteroatoms. The Morgan fingerprint density at radius 3 is 2.39 bits per heavy atom. The number of para-hydroxylation sites is 2. The van der Waals surface area contributed by atoms with Gasteiger partial charge >= 0.3 is 0 Å². The predicted octanol–water partition coefficient (Wildman–Crippen LogP) is 5.84. The summed E-state index contributed by atoms with van der Waals surface area (Å²) in [5, 5.41) is 6.83. The minimum atomic E-state index is -3.52. The zero-order valence-corrected chi connectivity index (χ0v) is 25.1. The van der Waals surface area contributed by atoms with Crippen molar-refractivity contribution in [1.82, 2.24) is 14.9 Å². The normalized spacial score (nSPS) is 14.8. The minimum absolute atomic E-state index is 0.234. The third kappa shape index (κ3) is 6.08. The van der Waals surface area contributed by atoms with Gasteiger partial charge < -0.3 is 25.2 Å².